The molecule has 3 fully saturated rings. The van der Waals surface area contributed by atoms with Gasteiger partial charge >= 0.3 is 6.03 Å². The van der Waals surface area contributed by atoms with Crippen molar-refractivity contribution in [1.82, 2.24) is 24.7 Å². The van der Waals surface area contributed by atoms with Crippen molar-refractivity contribution in [2.24, 2.45) is 5.92 Å². The number of hydrogen-bond donors (Lipinski definition) is 1. The summed E-state index contributed by atoms with van der Waals surface area (Å²) in [6.07, 6.45) is 12.0. The third kappa shape index (κ3) is 4.51. The van der Waals surface area contributed by atoms with E-state index in [0.717, 1.165) is 32.2 Å². The van der Waals surface area contributed by atoms with Crippen molar-refractivity contribution < 1.29 is 9.59 Å². The van der Waals surface area contributed by atoms with Crippen molar-refractivity contribution in [3.63, 3.8) is 0 Å². The average molecular weight is 477 g/mol. The van der Waals surface area contributed by atoms with Gasteiger partial charge in [0.1, 0.15) is 12.9 Å². The maximum absolute atomic E-state index is 13.6. The van der Waals surface area contributed by atoms with Crippen LogP contribution in [0.3, 0.4) is 0 Å². The van der Waals surface area contributed by atoms with E-state index >= 15 is 0 Å². The van der Waals surface area contributed by atoms with Gasteiger partial charge in [0.2, 0.25) is 5.91 Å². The van der Waals surface area contributed by atoms with Crippen molar-refractivity contribution in [3.8, 4) is 0 Å². The molecule has 2 aromatic rings. The van der Waals surface area contributed by atoms with Gasteiger partial charge in [0.05, 0.1) is 23.6 Å². The van der Waals surface area contributed by atoms with Crippen LogP contribution in [0.4, 0.5) is 10.5 Å². The van der Waals surface area contributed by atoms with Gasteiger partial charge in [-0.05, 0) is 64.1 Å². The second-order valence-electron chi connectivity index (χ2n) is 10.7. The van der Waals surface area contributed by atoms with E-state index in [2.05, 4.69) is 69.5 Å². The zero-order valence-corrected chi connectivity index (χ0v) is 20.8. The summed E-state index contributed by atoms with van der Waals surface area (Å²) >= 11 is 0. The van der Waals surface area contributed by atoms with E-state index in [-0.39, 0.29) is 29.6 Å². The fourth-order valence-electron chi connectivity index (χ4n) is 6.25. The summed E-state index contributed by atoms with van der Waals surface area (Å²) < 4.78 is 0. The number of urea groups is 1. The molecule has 0 unspecified atom stereocenters. The molecule has 0 radical (unpaired) electrons. The van der Waals surface area contributed by atoms with Crippen LogP contribution in [0, 0.1) is 5.92 Å². The Kier molecular flexibility index (Phi) is 6.49. The molecule has 1 N–H and O–H groups in total. The molecule has 1 spiro atoms. The van der Waals surface area contributed by atoms with Gasteiger partial charge in [-0.3, -0.25) is 9.69 Å². The lowest BCUT2D eigenvalue weighted by atomic mass is 9.68. The lowest BCUT2D eigenvalue weighted by Gasteiger charge is -2.51. The number of anilines is 1. The molecule has 0 atom stereocenters. The van der Waals surface area contributed by atoms with Crippen molar-refractivity contribution in [2.75, 3.05) is 39.0 Å². The van der Waals surface area contributed by atoms with Crippen molar-refractivity contribution in [2.45, 2.75) is 56.0 Å². The van der Waals surface area contributed by atoms with Gasteiger partial charge < -0.3 is 15.1 Å². The van der Waals surface area contributed by atoms with Crippen LogP contribution in [-0.4, -0.2) is 75.9 Å². The number of carbonyl (C=O) groups is 2. The highest BCUT2D eigenvalue weighted by molar-refractivity contribution is 5.94. The molecule has 1 aromatic heterocycles. The minimum Gasteiger partial charge on any atom is -0.322 e. The number of aromatic nitrogens is 2. The largest absolute Gasteiger partial charge is 0.322 e. The maximum Gasteiger partial charge on any atom is 0.321 e. The minimum absolute atomic E-state index is 0.00780. The molecule has 1 aliphatic heterocycles. The van der Waals surface area contributed by atoms with Gasteiger partial charge in [-0.25, -0.2) is 14.8 Å². The third-order valence-corrected chi connectivity index (χ3v) is 8.58. The molecule has 0 bridgehead atoms. The Labute approximate surface area is 207 Å². The van der Waals surface area contributed by atoms with Gasteiger partial charge in [-0.2, -0.15) is 0 Å². The molecule has 186 valence electrons. The fraction of sp³-hybridized carbons (Fsp3) is 0.556. The first-order valence-corrected chi connectivity index (χ1v) is 12.8. The summed E-state index contributed by atoms with van der Waals surface area (Å²) in [6, 6.07) is 10.8. The number of nitrogens with zero attached hydrogens (tertiary/aromatic N) is 5. The number of carbonyl (C=O) groups excluding carboxylic acids is 2. The maximum atomic E-state index is 13.6. The van der Waals surface area contributed by atoms with E-state index < -0.39 is 0 Å². The summed E-state index contributed by atoms with van der Waals surface area (Å²) in [5.41, 5.74) is 1.64. The first-order chi connectivity index (χ1) is 16.9. The van der Waals surface area contributed by atoms with Crippen LogP contribution < -0.4 is 5.32 Å². The molecule has 1 aromatic carbocycles. The predicted octanol–water partition coefficient (Wildman–Crippen LogP) is 3.72. The molecule has 35 heavy (non-hydrogen) atoms. The van der Waals surface area contributed by atoms with Crippen LogP contribution in [0.25, 0.3) is 0 Å². The van der Waals surface area contributed by atoms with E-state index in [1.54, 1.807) is 17.3 Å². The predicted molar refractivity (Wildman–Crippen MR) is 135 cm³/mol. The van der Waals surface area contributed by atoms with Crippen molar-refractivity contribution in [1.29, 1.82) is 0 Å². The lowest BCUT2D eigenvalue weighted by molar-refractivity contribution is -0.116. The van der Waals surface area contributed by atoms with E-state index in [9.17, 15) is 9.59 Å². The van der Waals surface area contributed by atoms with Crippen molar-refractivity contribution >= 4 is 17.6 Å². The third-order valence-electron chi connectivity index (χ3n) is 8.58. The van der Waals surface area contributed by atoms with Crippen LogP contribution in [0.5, 0.6) is 0 Å². The second kappa shape index (κ2) is 9.57. The number of rotatable bonds is 7. The van der Waals surface area contributed by atoms with E-state index in [4.69, 9.17) is 0 Å². The monoisotopic (exact) mass is 476 g/mol. The summed E-state index contributed by atoms with van der Waals surface area (Å²) in [6.45, 7) is 1.47. The van der Waals surface area contributed by atoms with Crippen LogP contribution in [-0.2, 0) is 10.3 Å². The van der Waals surface area contributed by atoms with Gasteiger partial charge in [0, 0.05) is 18.6 Å². The van der Waals surface area contributed by atoms with Crippen LogP contribution >= 0.6 is 0 Å². The SMILES string of the molecule is CN(C)C1(c2ccccc2)CCC2(CC1)CN(CC(=O)Nc1cncnc1)C(=O)N2CC1CCC1. The lowest BCUT2D eigenvalue weighted by Crippen LogP contribution is -2.56. The molecular formula is C27H36N6O2. The van der Waals surface area contributed by atoms with Gasteiger partial charge in [0.15, 0.2) is 0 Å². The second-order valence-corrected chi connectivity index (χ2v) is 10.7. The zero-order valence-electron chi connectivity index (χ0n) is 20.8. The smallest absolute Gasteiger partial charge is 0.321 e. The molecule has 8 heteroatoms. The number of amides is 3. The summed E-state index contributed by atoms with van der Waals surface area (Å²) in [5, 5.41) is 2.83. The quantitative estimate of drug-likeness (QED) is 0.659. The highest BCUT2D eigenvalue weighted by atomic mass is 16.2. The Bertz CT molecular complexity index is 1030. The number of nitrogens with one attached hydrogen (secondary N) is 1. The Hall–Kier alpha value is -3.00. The normalized spacial score (nSPS) is 26.9. The first-order valence-electron chi connectivity index (χ1n) is 12.8. The molecule has 1 saturated heterocycles. The van der Waals surface area contributed by atoms with Crippen LogP contribution in [0.2, 0.25) is 0 Å². The van der Waals surface area contributed by atoms with Gasteiger partial charge in [0.25, 0.3) is 0 Å². The molecule has 8 nitrogen and oxygen atoms in total. The zero-order chi connectivity index (χ0) is 24.5. The standard InChI is InChI=1S/C27H36N6O2/c1-31(2)27(22-9-4-3-5-10-22)13-11-26(12-14-27)19-32(25(35)33(26)17-21-7-6-8-21)18-24(34)30-23-15-28-20-29-16-23/h3-5,9-10,15-16,20-21H,6-8,11-14,17-19H2,1-2H3,(H,30,34). The van der Waals surface area contributed by atoms with Crippen molar-refractivity contribution in [3.05, 3.63) is 54.6 Å². The Balaban J connectivity index is 1.34. The topological polar surface area (TPSA) is 81.7 Å². The van der Waals surface area contributed by atoms with Gasteiger partial charge in [-0.15, -0.1) is 0 Å². The van der Waals surface area contributed by atoms with E-state index in [1.165, 1.54) is 31.2 Å². The van der Waals surface area contributed by atoms with E-state index in [1.807, 2.05) is 0 Å². The highest BCUT2D eigenvalue weighted by Crippen LogP contribution is 2.49. The molecule has 3 aliphatic rings. The average Bonchev–Trinajstić information content (AvgIpc) is 3.08. The van der Waals surface area contributed by atoms with E-state index in [0.29, 0.717) is 18.2 Å². The molecule has 2 heterocycles. The van der Waals surface area contributed by atoms with Crippen LogP contribution in [0.15, 0.2) is 49.1 Å². The minimum atomic E-state index is -0.212. The molecule has 5 rings (SSSR count). The van der Waals surface area contributed by atoms with Crippen LogP contribution in [0.1, 0.15) is 50.5 Å². The summed E-state index contributed by atoms with van der Waals surface area (Å²) in [5.74, 6) is 0.372. The fourth-order valence-corrected chi connectivity index (χ4v) is 6.25. The molecule has 3 amide bonds. The van der Waals surface area contributed by atoms with Gasteiger partial charge in [-0.1, -0.05) is 36.8 Å². The Morgan fingerprint density at radius 2 is 1.77 bits per heavy atom. The molecule has 2 aliphatic carbocycles. The first kappa shape index (κ1) is 23.7. The number of hydrogen-bond acceptors (Lipinski definition) is 5. The molecule has 2 saturated carbocycles. The Morgan fingerprint density at radius 1 is 1.09 bits per heavy atom. The molecular weight excluding hydrogens is 440 g/mol. The number of benzene rings is 1. The summed E-state index contributed by atoms with van der Waals surface area (Å²) in [4.78, 5) is 40.6. The Morgan fingerprint density at radius 3 is 2.37 bits per heavy atom. The summed E-state index contributed by atoms with van der Waals surface area (Å²) in [7, 11) is 4.34. The highest BCUT2D eigenvalue weighted by Gasteiger charge is 2.55.